The Bertz CT molecular complexity index is 919. The van der Waals surface area contributed by atoms with Crippen molar-refractivity contribution in [1.29, 1.82) is 0 Å². The molecule has 1 saturated heterocycles. The zero-order chi connectivity index (χ0) is 20.1. The fourth-order valence-corrected chi connectivity index (χ4v) is 3.82. The van der Waals surface area contributed by atoms with Gasteiger partial charge in [0.25, 0.3) is 0 Å². The first kappa shape index (κ1) is 19.1. The molecular weight excluding hydrogens is 364 g/mol. The van der Waals surface area contributed by atoms with Crippen molar-refractivity contribution in [2.45, 2.75) is 31.8 Å². The first-order valence-electron chi connectivity index (χ1n) is 10.0. The van der Waals surface area contributed by atoms with Crippen molar-refractivity contribution in [3.8, 4) is 5.69 Å². The molecule has 150 valence electrons. The van der Waals surface area contributed by atoms with Gasteiger partial charge in [-0.1, -0.05) is 12.1 Å². The van der Waals surface area contributed by atoms with Crippen molar-refractivity contribution in [2.24, 2.45) is 0 Å². The molecule has 1 aliphatic heterocycles. The number of nitrogens with one attached hydrogen (secondary N) is 2. The number of hydrogen-bond donors (Lipinski definition) is 2. The highest BCUT2D eigenvalue weighted by Crippen LogP contribution is 2.24. The topological polar surface area (TPSA) is 75.1 Å². The van der Waals surface area contributed by atoms with Crippen molar-refractivity contribution in [2.75, 3.05) is 18.4 Å². The lowest BCUT2D eigenvalue weighted by Gasteiger charge is -2.36. The van der Waals surface area contributed by atoms with Crippen molar-refractivity contribution in [1.82, 2.24) is 25.0 Å². The number of benzene rings is 1. The molecule has 1 aliphatic rings. The van der Waals surface area contributed by atoms with E-state index in [0.29, 0.717) is 6.04 Å². The van der Waals surface area contributed by atoms with E-state index in [9.17, 15) is 4.79 Å². The summed E-state index contributed by atoms with van der Waals surface area (Å²) >= 11 is 0. The summed E-state index contributed by atoms with van der Waals surface area (Å²) in [6.07, 6.45) is 9.13. The molecule has 1 atom stereocenters. The standard InChI is InChI=1S/C22H26N6O/c1-17(18-7-12-23-13-8-18)27-15-9-19(10-16-27)25-22(29)26-20-5-2-3-6-21(20)28-14-4-11-24-28/h2-8,11-14,17,19H,9-10,15-16H2,1H3,(H2,25,26,29). The first-order valence-corrected chi connectivity index (χ1v) is 10.0. The van der Waals surface area contributed by atoms with Crippen LogP contribution >= 0.6 is 0 Å². The number of para-hydroxylation sites is 2. The number of likely N-dealkylation sites (tertiary alicyclic amines) is 1. The Hall–Kier alpha value is -3.19. The molecule has 1 aromatic carbocycles. The number of anilines is 1. The van der Waals surface area contributed by atoms with Crippen LogP contribution in [0.4, 0.5) is 10.5 Å². The van der Waals surface area contributed by atoms with Gasteiger partial charge in [-0.25, -0.2) is 9.48 Å². The summed E-state index contributed by atoms with van der Waals surface area (Å²) in [5.74, 6) is 0. The van der Waals surface area contributed by atoms with Crippen molar-refractivity contribution in [3.63, 3.8) is 0 Å². The van der Waals surface area contributed by atoms with Gasteiger partial charge in [0.15, 0.2) is 0 Å². The lowest BCUT2D eigenvalue weighted by Crippen LogP contribution is -2.46. The summed E-state index contributed by atoms with van der Waals surface area (Å²) in [6.45, 7) is 4.14. The van der Waals surface area contributed by atoms with Crippen LogP contribution in [0.15, 0.2) is 67.3 Å². The highest BCUT2D eigenvalue weighted by molar-refractivity contribution is 5.91. The van der Waals surface area contributed by atoms with Gasteiger partial charge in [-0.3, -0.25) is 9.88 Å². The van der Waals surface area contributed by atoms with Crippen LogP contribution in [0.2, 0.25) is 0 Å². The average Bonchev–Trinajstić information content (AvgIpc) is 3.29. The SMILES string of the molecule is CC(c1ccncc1)N1CCC(NC(=O)Nc2ccccc2-n2cccn2)CC1. The van der Waals surface area contributed by atoms with Gasteiger partial charge in [0.1, 0.15) is 0 Å². The van der Waals surface area contributed by atoms with Crippen LogP contribution in [-0.2, 0) is 0 Å². The second-order valence-electron chi connectivity index (χ2n) is 7.33. The van der Waals surface area contributed by atoms with Crippen LogP contribution in [0.25, 0.3) is 5.69 Å². The lowest BCUT2D eigenvalue weighted by molar-refractivity contribution is 0.154. The summed E-state index contributed by atoms with van der Waals surface area (Å²) in [7, 11) is 0. The minimum Gasteiger partial charge on any atom is -0.335 e. The van der Waals surface area contributed by atoms with E-state index in [2.05, 4.69) is 44.7 Å². The Morgan fingerprint density at radius 2 is 1.83 bits per heavy atom. The number of rotatable bonds is 5. The fourth-order valence-electron chi connectivity index (χ4n) is 3.82. The van der Waals surface area contributed by atoms with Crippen molar-refractivity contribution < 1.29 is 4.79 Å². The average molecular weight is 390 g/mol. The van der Waals surface area contributed by atoms with Gasteiger partial charge < -0.3 is 10.6 Å². The maximum Gasteiger partial charge on any atom is 0.319 e. The van der Waals surface area contributed by atoms with Gasteiger partial charge in [0.05, 0.1) is 11.4 Å². The number of carbonyl (C=O) groups is 1. The Labute approximate surface area is 170 Å². The largest absolute Gasteiger partial charge is 0.335 e. The number of amides is 2. The van der Waals surface area contributed by atoms with E-state index in [4.69, 9.17) is 0 Å². The molecule has 2 N–H and O–H groups in total. The molecule has 0 saturated carbocycles. The molecule has 1 unspecified atom stereocenters. The predicted octanol–water partition coefficient (Wildman–Crippen LogP) is 3.61. The minimum absolute atomic E-state index is 0.174. The zero-order valence-corrected chi connectivity index (χ0v) is 16.5. The summed E-state index contributed by atoms with van der Waals surface area (Å²) < 4.78 is 1.74. The molecule has 1 fully saturated rings. The molecule has 7 nitrogen and oxygen atoms in total. The van der Waals surface area contributed by atoms with Crippen LogP contribution in [0.3, 0.4) is 0 Å². The zero-order valence-electron chi connectivity index (χ0n) is 16.5. The van der Waals surface area contributed by atoms with Crippen LogP contribution in [0, 0.1) is 0 Å². The molecular formula is C22H26N6O. The minimum atomic E-state index is -0.176. The van der Waals surface area contributed by atoms with Crippen LogP contribution < -0.4 is 10.6 Å². The molecule has 29 heavy (non-hydrogen) atoms. The number of carbonyl (C=O) groups excluding carboxylic acids is 1. The van der Waals surface area contributed by atoms with E-state index in [1.165, 1.54) is 5.56 Å². The summed E-state index contributed by atoms with van der Waals surface area (Å²) in [6, 6.07) is 14.0. The Balaban J connectivity index is 1.31. The van der Waals surface area contributed by atoms with E-state index in [1.54, 1.807) is 10.9 Å². The molecule has 0 radical (unpaired) electrons. The van der Waals surface area contributed by atoms with E-state index < -0.39 is 0 Å². The van der Waals surface area contributed by atoms with Crippen LogP contribution in [0.1, 0.15) is 31.4 Å². The Morgan fingerprint density at radius 3 is 2.55 bits per heavy atom. The smallest absolute Gasteiger partial charge is 0.319 e. The summed E-state index contributed by atoms with van der Waals surface area (Å²) in [5.41, 5.74) is 2.85. The Morgan fingerprint density at radius 1 is 1.07 bits per heavy atom. The molecule has 0 spiro atoms. The predicted molar refractivity (Wildman–Crippen MR) is 113 cm³/mol. The maximum absolute atomic E-state index is 12.6. The summed E-state index contributed by atoms with van der Waals surface area (Å²) in [4.78, 5) is 19.1. The molecule has 0 bridgehead atoms. The van der Waals surface area contributed by atoms with Gasteiger partial charge in [0.2, 0.25) is 0 Å². The normalized spacial score (nSPS) is 16.3. The van der Waals surface area contributed by atoms with Gasteiger partial charge in [-0.15, -0.1) is 0 Å². The van der Waals surface area contributed by atoms with E-state index >= 15 is 0 Å². The molecule has 2 amide bonds. The van der Waals surface area contributed by atoms with Gasteiger partial charge in [-0.05, 0) is 55.7 Å². The third-order valence-electron chi connectivity index (χ3n) is 5.50. The Kier molecular flexibility index (Phi) is 5.86. The van der Waals surface area contributed by atoms with Crippen molar-refractivity contribution in [3.05, 3.63) is 72.8 Å². The molecule has 2 aromatic heterocycles. The maximum atomic E-state index is 12.6. The van der Waals surface area contributed by atoms with Gasteiger partial charge in [-0.2, -0.15) is 5.10 Å². The second kappa shape index (κ2) is 8.87. The second-order valence-corrected chi connectivity index (χ2v) is 7.33. The summed E-state index contributed by atoms with van der Waals surface area (Å²) in [5, 5.41) is 10.4. The lowest BCUT2D eigenvalue weighted by atomic mass is 10.0. The first-order chi connectivity index (χ1) is 14.2. The molecule has 3 heterocycles. The monoisotopic (exact) mass is 390 g/mol. The highest BCUT2D eigenvalue weighted by Gasteiger charge is 2.24. The molecule has 7 heteroatoms. The van der Waals surface area contributed by atoms with Gasteiger partial charge >= 0.3 is 6.03 Å². The quantitative estimate of drug-likeness (QED) is 0.698. The van der Waals surface area contributed by atoms with Crippen LogP contribution in [-0.4, -0.2) is 44.8 Å². The molecule has 3 aromatic rings. The highest BCUT2D eigenvalue weighted by atomic mass is 16.2. The molecule has 0 aliphatic carbocycles. The number of aromatic nitrogens is 3. The fraction of sp³-hybridized carbons (Fsp3) is 0.318. The number of piperidine rings is 1. The van der Waals surface area contributed by atoms with E-state index in [0.717, 1.165) is 37.3 Å². The van der Waals surface area contributed by atoms with Crippen LogP contribution in [0.5, 0.6) is 0 Å². The van der Waals surface area contributed by atoms with E-state index in [-0.39, 0.29) is 12.1 Å². The third-order valence-corrected chi connectivity index (χ3v) is 5.50. The number of nitrogens with zero attached hydrogens (tertiary/aromatic N) is 4. The van der Waals surface area contributed by atoms with Gasteiger partial charge in [0, 0.05) is 50.0 Å². The van der Waals surface area contributed by atoms with E-state index in [1.807, 2.05) is 48.9 Å². The number of hydrogen-bond acceptors (Lipinski definition) is 4. The third kappa shape index (κ3) is 4.63. The number of urea groups is 1. The molecule has 4 rings (SSSR count). The number of pyridine rings is 1. The van der Waals surface area contributed by atoms with Crippen molar-refractivity contribution >= 4 is 11.7 Å².